The van der Waals surface area contributed by atoms with Crippen molar-refractivity contribution in [1.29, 1.82) is 5.26 Å². The predicted octanol–water partition coefficient (Wildman–Crippen LogP) is 0.422. The highest BCUT2D eigenvalue weighted by molar-refractivity contribution is 7.88. The van der Waals surface area contributed by atoms with Gasteiger partial charge in [-0.05, 0) is 23.3 Å². The molecule has 1 amide bonds. The first-order valence-corrected chi connectivity index (χ1v) is 11.2. The number of benzene rings is 2. The Morgan fingerprint density at radius 1 is 1.03 bits per heavy atom. The molecule has 7 nitrogen and oxygen atoms in total. The second kappa shape index (κ2) is 9.65. The molecule has 2 aromatic carbocycles. The predicted molar refractivity (Wildman–Crippen MR) is 111 cm³/mol. The van der Waals surface area contributed by atoms with Gasteiger partial charge in [0, 0.05) is 5.69 Å². The molecule has 1 saturated heterocycles. The number of hydrogen-bond acceptors (Lipinski definition) is 4. The van der Waals surface area contributed by atoms with Crippen LogP contribution in [0.3, 0.4) is 0 Å². The van der Waals surface area contributed by atoms with Gasteiger partial charge in [-0.1, -0.05) is 42.5 Å². The summed E-state index contributed by atoms with van der Waals surface area (Å²) >= 11 is 0. The minimum atomic E-state index is -3.35. The van der Waals surface area contributed by atoms with Crippen LogP contribution in [0.15, 0.2) is 54.6 Å². The molecular weight excluding hydrogens is 388 g/mol. The number of nitrogens with one attached hydrogen (secondary N) is 2. The second-order valence-electron chi connectivity index (χ2n) is 7.15. The van der Waals surface area contributed by atoms with E-state index in [1.807, 2.05) is 42.5 Å². The molecule has 0 aliphatic carbocycles. The normalized spacial score (nSPS) is 15.6. The summed E-state index contributed by atoms with van der Waals surface area (Å²) in [5.74, 6) is -0.0977. The fraction of sp³-hybridized carbons (Fsp3) is 0.333. The summed E-state index contributed by atoms with van der Waals surface area (Å²) in [6.45, 7) is 2.33. The highest BCUT2D eigenvalue weighted by Crippen LogP contribution is 2.11. The summed E-state index contributed by atoms with van der Waals surface area (Å²) in [4.78, 5) is 13.4. The van der Waals surface area contributed by atoms with Crippen LogP contribution in [0, 0.1) is 11.3 Å². The Bertz CT molecular complexity index is 961. The smallest absolute Gasteiger partial charge is 0.279 e. The maximum absolute atomic E-state index is 12.6. The minimum Gasteiger partial charge on any atom is -0.325 e. The van der Waals surface area contributed by atoms with Gasteiger partial charge in [-0.15, -0.1) is 0 Å². The number of hydrogen-bond donors (Lipinski definition) is 2. The third-order valence-corrected chi connectivity index (χ3v) is 6.80. The topological polar surface area (TPSA) is 94.7 Å². The summed E-state index contributed by atoms with van der Waals surface area (Å²) in [6, 6.07) is 18.5. The molecular formula is C21H25N4O3S+. The average Bonchev–Trinajstić information content (AvgIpc) is 2.70. The van der Waals surface area contributed by atoms with Crippen molar-refractivity contribution in [3.8, 4) is 6.07 Å². The van der Waals surface area contributed by atoms with E-state index >= 15 is 0 Å². The minimum absolute atomic E-state index is 0.00541. The van der Waals surface area contributed by atoms with Crippen LogP contribution < -0.4 is 10.2 Å². The summed E-state index contributed by atoms with van der Waals surface area (Å²) in [6.07, 6.45) is 0.343. The zero-order valence-electron chi connectivity index (χ0n) is 16.2. The summed E-state index contributed by atoms with van der Waals surface area (Å²) in [5, 5.41) is 11.6. The zero-order valence-corrected chi connectivity index (χ0v) is 17.0. The number of carbonyl (C=O) groups is 1. The van der Waals surface area contributed by atoms with Crippen molar-refractivity contribution >= 4 is 21.6 Å². The fourth-order valence-electron chi connectivity index (χ4n) is 3.36. The lowest BCUT2D eigenvalue weighted by molar-refractivity contribution is -0.895. The average molecular weight is 414 g/mol. The summed E-state index contributed by atoms with van der Waals surface area (Å²) in [7, 11) is -3.35. The van der Waals surface area contributed by atoms with Crippen LogP contribution >= 0.6 is 0 Å². The standard InChI is InChI=1S/C21H24N4O3S/c22-11-10-18-6-8-20(9-7-18)23-21(26)16-24-12-14-25(15-13-24)29(27,28)17-19-4-2-1-3-5-19/h1-9H,10,12-17H2,(H,23,26)/p+1. The van der Waals surface area contributed by atoms with Gasteiger partial charge in [0.2, 0.25) is 10.0 Å². The Labute approximate surface area is 171 Å². The largest absolute Gasteiger partial charge is 0.325 e. The van der Waals surface area contributed by atoms with Gasteiger partial charge in [0.25, 0.3) is 5.91 Å². The van der Waals surface area contributed by atoms with Crippen LogP contribution in [0.25, 0.3) is 0 Å². The number of nitrogens with zero attached hydrogens (tertiary/aromatic N) is 2. The molecule has 3 rings (SSSR count). The van der Waals surface area contributed by atoms with Gasteiger partial charge in [-0.25, -0.2) is 8.42 Å². The van der Waals surface area contributed by atoms with E-state index in [9.17, 15) is 13.2 Å². The maximum Gasteiger partial charge on any atom is 0.279 e. The van der Waals surface area contributed by atoms with Gasteiger partial charge >= 0.3 is 0 Å². The van der Waals surface area contributed by atoms with Gasteiger partial charge in [-0.3, -0.25) is 4.79 Å². The molecule has 2 N–H and O–H groups in total. The summed E-state index contributed by atoms with van der Waals surface area (Å²) < 4.78 is 26.8. The van der Waals surface area contributed by atoms with Crippen molar-refractivity contribution < 1.29 is 18.1 Å². The zero-order chi connectivity index (χ0) is 20.7. The van der Waals surface area contributed by atoms with Gasteiger partial charge in [0.05, 0.1) is 44.4 Å². The number of anilines is 1. The molecule has 0 aromatic heterocycles. The monoisotopic (exact) mass is 413 g/mol. The van der Waals surface area contributed by atoms with E-state index < -0.39 is 10.0 Å². The Morgan fingerprint density at radius 3 is 2.31 bits per heavy atom. The number of amides is 1. The molecule has 0 spiro atoms. The fourth-order valence-corrected chi connectivity index (χ4v) is 4.90. The molecule has 1 fully saturated rings. The van der Waals surface area contributed by atoms with Crippen LogP contribution in [-0.2, 0) is 27.0 Å². The number of nitriles is 1. The quantitative estimate of drug-likeness (QED) is 0.688. The molecule has 1 heterocycles. The van der Waals surface area contributed by atoms with E-state index in [2.05, 4.69) is 11.4 Å². The maximum atomic E-state index is 12.6. The van der Waals surface area contributed by atoms with Gasteiger partial charge in [-0.2, -0.15) is 9.57 Å². The van der Waals surface area contributed by atoms with Crippen molar-refractivity contribution in [1.82, 2.24) is 4.31 Å². The van der Waals surface area contributed by atoms with Crippen molar-refractivity contribution in [2.45, 2.75) is 12.2 Å². The van der Waals surface area contributed by atoms with Crippen molar-refractivity contribution in [3.05, 3.63) is 65.7 Å². The first-order valence-electron chi connectivity index (χ1n) is 9.57. The van der Waals surface area contributed by atoms with Gasteiger partial charge in [0.15, 0.2) is 6.54 Å². The van der Waals surface area contributed by atoms with Crippen molar-refractivity contribution in [2.24, 2.45) is 0 Å². The van der Waals surface area contributed by atoms with E-state index in [1.165, 1.54) is 4.31 Å². The van der Waals surface area contributed by atoms with Crippen molar-refractivity contribution in [2.75, 3.05) is 38.0 Å². The van der Waals surface area contributed by atoms with Crippen LogP contribution in [0.2, 0.25) is 0 Å². The molecule has 1 aliphatic heterocycles. The summed E-state index contributed by atoms with van der Waals surface area (Å²) in [5.41, 5.74) is 2.38. The van der Waals surface area contributed by atoms with E-state index in [1.54, 1.807) is 12.1 Å². The Morgan fingerprint density at radius 2 is 1.69 bits per heavy atom. The van der Waals surface area contributed by atoms with Crippen LogP contribution in [0.5, 0.6) is 0 Å². The molecule has 0 radical (unpaired) electrons. The SMILES string of the molecule is N#CCc1ccc(NC(=O)C[NH+]2CCN(S(=O)(=O)Cc3ccccc3)CC2)cc1. The molecule has 0 bridgehead atoms. The third kappa shape index (κ3) is 6.12. The molecule has 8 heteroatoms. The molecule has 29 heavy (non-hydrogen) atoms. The first kappa shape index (κ1) is 21.0. The molecule has 2 aromatic rings. The highest BCUT2D eigenvalue weighted by Gasteiger charge is 2.30. The molecule has 0 unspecified atom stereocenters. The Hall–Kier alpha value is -2.73. The lowest BCUT2D eigenvalue weighted by atomic mass is 10.1. The van der Waals surface area contributed by atoms with E-state index in [0.29, 0.717) is 44.8 Å². The van der Waals surface area contributed by atoms with Gasteiger partial charge in [0.1, 0.15) is 0 Å². The molecule has 152 valence electrons. The van der Waals surface area contributed by atoms with E-state index in [4.69, 9.17) is 5.26 Å². The molecule has 0 atom stereocenters. The molecule has 1 aliphatic rings. The Balaban J connectivity index is 1.46. The third-order valence-electron chi connectivity index (χ3n) is 4.95. The first-order chi connectivity index (χ1) is 14.0. The number of rotatable bonds is 7. The number of sulfonamides is 1. The Kier molecular flexibility index (Phi) is 6.99. The molecule has 0 saturated carbocycles. The van der Waals surface area contributed by atoms with E-state index in [-0.39, 0.29) is 11.7 Å². The number of piperazine rings is 1. The van der Waals surface area contributed by atoms with Crippen LogP contribution in [0.4, 0.5) is 5.69 Å². The lowest BCUT2D eigenvalue weighted by Gasteiger charge is -2.31. The number of quaternary nitrogens is 1. The lowest BCUT2D eigenvalue weighted by Crippen LogP contribution is -3.15. The van der Waals surface area contributed by atoms with Gasteiger partial charge < -0.3 is 10.2 Å². The van der Waals surface area contributed by atoms with Crippen LogP contribution in [0.1, 0.15) is 11.1 Å². The second-order valence-corrected chi connectivity index (χ2v) is 9.12. The highest BCUT2D eigenvalue weighted by atomic mass is 32.2. The number of carbonyl (C=O) groups excluding carboxylic acids is 1. The van der Waals surface area contributed by atoms with E-state index in [0.717, 1.165) is 16.0 Å². The van der Waals surface area contributed by atoms with Crippen molar-refractivity contribution in [3.63, 3.8) is 0 Å². The van der Waals surface area contributed by atoms with Crippen LogP contribution in [-0.4, -0.2) is 51.4 Å².